The van der Waals surface area contributed by atoms with Crippen LogP contribution in [0, 0.1) is 0 Å². The van der Waals surface area contributed by atoms with Crippen molar-refractivity contribution in [2.75, 3.05) is 31.6 Å². The van der Waals surface area contributed by atoms with Crippen LogP contribution in [0.2, 0.25) is 5.02 Å². The molecule has 3 rings (SSSR count). The van der Waals surface area contributed by atoms with Crippen LogP contribution in [0.3, 0.4) is 0 Å². The highest BCUT2D eigenvalue weighted by molar-refractivity contribution is 6.30. The van der Waals surface area contributed by atoms with Gasteiger partial charge < -0.3 is 9.80 Å². The van der Waals surface area contributed by atoms with Crippen LogP contribution in [-0.2, 0) is 4.79 Å². The molecular formula is C16H20ClN5O. The number of carbonyl (C=O) groups is 1. The second-order valence-corrected chi connectivity index (χ2v) is 6.32. The number of nitrogens with one attached hydrogen (secondary N) is 1. The molecule has 1 N–H and O–H groups in total. The van der Waals surface area contributed by atoms with Crippen LogP contribution in [-0.4, -0.2) is 52.7 Å². The van der Waals surface area contributed by atoms with Crippen molar-refractivity contribution < 1.29 is 4.79 Å². The summed E-state index contributed by atoms with van der Waals surface area (Å²) in [6.07, 6.45) is 5.45. The molecule has 3 heterocycles. The molecule has 2 aromatic heterocycles. The molecule has 0 bridgehead atoms. The predicted molar refractivity (Wildman–Crippen MR) is 89.7 cm³/mol. The van der Waals surface area contributed by atoms with Crippen molar-refractivity contribution in [1.29, 1.82) is 0 Å². The first-order valence-corrected chi connectivity index (χ1v) is 8.11. The molecule has 6 nitrogen and oxygen atoms in total. The number of hydrogen-bond donors (Lipinski definition) is 1. The Bertz CT molecular complexity index is 643. The van der Waals surface area contributed by atoms with E-state index in [9.17, 15) is 4.79 Å². The summed E-state index contributed by atoms with van der Waals surface area (Å²) in [6.45, 7) is 1.86. The van der Waals surface area contributed by atoms with E-state index >= 15 is 0 Å². The summed E-state index contributed by atoms with van der Waals surface area (Å²) in [7, 11) is 1.87. The highest BCUT2D eigenvalue weighted by atomic mass is 35.5. The van der Waals surface area contributed by atoms with E-state index in [2.05, 4.69) is 15.2 Å². The van der Waals surface area contributed by atoms with E-state index in [1.165, 1.54) is 0 Å². The van der Waals surface area contributed by atoms with Gasteiger partial charge in [-0.05, 0) is 31.0 Å². The summed E-state index contributed by atoms with van der Waals surface area (Å²) in [5.41, 5.74) is 1.11. The Morgan fingerprint density at radius 2 is 2.35 bits per heavy atom. The molecule has 1 aliphatic rings. The summed E-state index contributed by atoms with van der Waals surface area (Å²) in [6, 6.07) is 5.58. The van der Waals surface area contributed by atoms with Gasteiger partial charge in [-0.25, -0.2) is 4.98 Å². The summed E-state index contributed by atoms with van der Waals surface area (Å²) in [5.74, 6) is 1.20. The maximum atomic E-state index is 12.6. The number of hydrogen-bond acceptors (Lipinski definition) is 4. The normalized spacial score (nSPS) is 18.0. The number of aromatic amines is 1. The number of piperidine rings is 1. The van der Waals surface area contributed by atoms with Gasteiger partial charge in [0.05, 0.1) is 11.6 Å². The smallest absolute Gasteiger partial charge is 0.242 e. The number of carbonyl (C=O) groups excluding carboxylic acids is 1. The molecule has 0 spiro atoms. The largest absolute Gasteiger partial charge is 0.350 e. The summed E-state index contributed by atoms with van der Waals surface area (Å²) in [5, 5.41) is 7.61. The topological polar surface area (TPSA) is 65.1 Å². The Morgan fingerprint density at radius 1 is 1.48 bits per heavy atom. The fraction of sp³-hybridized carbons (Fsp3) is 0.438. The zero-order valence-electron chi connectivity index (χ0n) is 13.1. The van der Waals surface area contributed by atoms with E-state index in [4.69, 9.17) is 11.6 Å². The van der Waals surface area contributed by atoms with Gasteiger partial charge in [0, 0.05) is 44.1 Å². The molecule has 2 aromatic rings. The highest BCUT2D eigenvalue weighted by Gasteiger charge is 2.26. The van der Waals surface area contributed by atoms with Crippen LogP contribution in [0.1, 0.15) is 24.5 Å². The number of likely N-dealkylation sites (tertiary alicyclic amines) is 1. The third-order valence-electron chi connectivity index (χ3n) is 4.21. The van der Waals surface area contributed by atoms with Crippen LogP contribution < -0.4 is 4.90 Å². The number of H-pyrrole nitrogens is 1. The number of nitrogens with zero attached hydrogens (tertiary/aromatic N) is 4. The maximum absolute atomic E-state index is 12.6. The van der Waals surface area contributed by atoms with E-state index in [0.717, 1.165) is 37.4 Å². The van der Waals surface area contributed by atoms with Gasteiger partial charge in [-0.15, -0.1) is 0 Å². The monoisotopic (exact) mass is 333 g/mol. The van der Waals surface area contributed by atoms with Crippen molar-refractivity contribution in [2.24, 2.45) is 0 Å². The Hall–Kier alpha value is -2.08. The summed E-state index contributed by atoms with van der Waals surface area (Å²) in [4.78, 5) is 20.6. The number of likely N-dealkylation sites (N-methyl/N-ethyl adjacent to an activating group) is 1. The van der Waals surface area contributed by atoms with Gasteiger partial charge >= 0.3 is 0 Å². The fourth-order valence-electron chi connectivity index (χ4n) is 2.93. The van der Waals surface area contributed by atoms with Gasteiger partial charge in [0.2, 0.25) is 5.91 Å². The van der Waals surface area contributed by atoms with E-state index in [1.54, 1.807) is 18.5 Å². The predicted octanol–water partition coefficient (Wildman–Crippen LogP) is 2.30. The fourth-order valence-corrected chi connectivity index (χ4v) is 3.04. The van der Waals surface area contributed by atoms with Crippen molar-refractivity contribution in [3.05, 3.63) is 41.3 Å². The lowest BCUT2D eigenvalue weighted by Gasteiger charge is -2.33. The SMILES string of the molecule is CN(CC(=O)N1CCC[C@@H](c2ccn[nH]2)C1)c1ccc(Cl)cn1. The van der Waals surface area contributed by atoms with Gasteiger partial charge in [-0.1, -0.05) is 11.6 Å². The minimum absolute atomic E-state index is 0.119. The molecule has 1 fully saturated rings. The lowest BCUT2D eigenvalue weighted by atomic mass is 9.95. The molecular weight excluding hydrogens is 314 g/mol. The van der Waals surface area contributed by atoms with Gasteiger partial charge in [0.15, 0.2) is 0 Å². The molecule has 7 heteroatoms. The van der Waals surface area contributed by atoms with Crippen LogP contribution >= 0.6 is 11.6 Å². The molecule has 0 aliphatic carbocycles. The van der Waals surface area contributed by atoms with Crippen LogP contribution in [0.15, 0.2) is 30.6 Å². The second kappa shape index (κ2) is 7.00. The molecule has 1 saturated heterocycles. The Kier molecular flexibility index (Phi) is 4.81. The van der Waals surface area contributed by atoms with Crippen molar-refractivity contribution in [2.45, 2.75) is 18.8 Å². The molecule has 23 heavy (non-hydrogen) atoms. The van der Waals surface area contributed by atoms with Crippen molar-refractivity contribution in [3.63, 3.8) is 0 Å². The van der Waals surface area contributed by atoms with Crippen molar-refractivity contribution in [1.82, 2.24) is 20.1 Å². The first-order valence-electron chi connectivity index (χ1n) is 7.73. The molecule has 1 aliphatic heterocycles. The molecule has 1 amide bonds. The third kappa shape index (κ3) is 3.82. The number of amides is 1. The number of halogens is 1. The molecule has 1 atom stereocenters. The minimum atomic E-state index is 0.119. The van der Waals surface area contributed by atoms with Gasteiger partial charge in [-0.2, -0.15) is 5.10 Å². The molecule has 0 aromatic carbocycles. The van der Waals surface area contributed by atoms with Crippen molar-refractivity contribution >= 4 is 23.3 Å². The highest BCUT2D eigenvalue weighted by Crippen LogP contribution is 2.25. The van der Waals surface area contributed by atoms with E-state index < -0.39 is 0 Å². The Morgan fingerprint density at radius 3 is 3.04 bits per heavy atom. The van der Waals surface area contributed by atoms with E-state index in [-0.39, 0.29) is 5.91 Å². The van der Waals surface area contributed by atoms with Crippen molar-refractivity contribution in [3.8, 4) is 0 Å². The Labute approximate surface area is 140 Å². The van der Waals surface area contributed by atoms with E-state index in [0.29, 0.717) is 17.5 Å². The van der Waals surface area contributed by atoms with E-state index in [1.807, 2.05) is 29.0 Å². The maximum Gasteiger partial charge on any atom is 0.242 e. The quantitative estimate of drug-likeness (QED) is 0.932. The number of pyridine rings is 1. The number of rotatable bonds is 4. The summed E-state index contributed by atoms with van der Waals surface area (Å²) < 4.78 is 0. The molecule has 0 unspecified atom stereocenters. The van der Waals surface area contributed by atoms with Gasteiger partial charge in [0.1, 0.15) is 5.82 Å². The zero-order chi connectivity index (χ0) is 16.2. The van der Waals surface area contributed by atoms with Crippen LogP contribution in [0.5, 0.6) is 0 Å². The first kappa shape index (κ1) is 15.8. The molecule has 122 valence electrons. The van der Waals surface area contributed by atoms with Crippen LogP contribution in [0.25, 0.3) is 0 Å². The lowest BCUT2D eigenvalue weighted by Crippen LogP contribution is -2.44. The molecule has 0 saturated carbocycles. The summed E-state index contributed by atoms with van der Waals surface area (Å²) >= 11 is 5.84. The third-order valence-corrected chi connectivity index (χ3v) is 4.44. The standard InChI is InChI=1S/C16H20ClN5O/c1-21(15-5-4-13(17)9-18-15)11-16(23)22-8-2-3-12(10-22)14-6-7-19-20-14/h4-7,9,12H,2-3,8,10-11H2,1H3,(H,19,20)/t12-/m1/s1. The number of aromatic nitrogens is 3. The van der Waals surface area contributed by atoms with Crippen LogP contribution in [0.4, 0.5) is 5.82 Å². The minimum Gasteiger partial charge on any atom is -0.350 e. The lowest BCUT2D eigenvalue weighted by molar-refractivity contribution is -0.130. The first-order chi connectivity index (χ1) is 11.1. The number of anilines is 1. The average molecular weight is 334 g/mol. The Balaban J connectivity index is 1.60. The molecule has 0 radical (unpaired) electrons. The zero-order valence-corrected chi connectivity index (χ0v) is 13.8. The van der Waals surface area contributed by atoms with Gasteiger partial charge in [-0.3, -0.25) is 9.89 Å². The average Bonchev–Trinajstić information content (AvgIpc) is 3.10. The second-order valence-electron chi connectivity index (χ2n) is 5.88. The van der Waals surface area contributed by atoms with Gasteiger partial charge in [0.25, 0.3) is 0 Å².